The molecule has 0 saturated carbocycles. The summed E-state index contributed by atoms with van der Waals surface area (Å²) in [6.45, 7) is 8.52. The zero-order valence-corrected chi connectivity index (χ0v) is 21.6. The first kappa shape index (κ1) is 27.7. The van der Waals surface area contributed by atoms with Gasteiger partial charge in [-0.15, -0.1) is 11.3 Å². The highest BCUT2D eigenvalue weighted by Gasteiger charge is 2.26. The lowest BCUT2D eigenvalue weighted by atomic mass is 10.1. The summed E-state index contributed by atoms with van der Waals surface area (Å²) < 4.78 is 32.2. The number of carbonyl (C=O) groups is 1. The molecule has 0 bridgehead atoms. The Hall–Kier alpha value is -1.35. The van der Waals surface area contributed by atoms with Crippen molar-refractivity contribution in [3.8, 4) is 0 Å². The van der Waals surface area contributed by atoms with Gasteiger partial charge in [0.2, 0.25) is 0 Å². The van der Waals surface area contributed by atoms with Crippen LogP contribution in [0.3, 0.4) is 0 Å². The number of hydrogen-bond acceptors (Lipinski definition) is 6. The lowest BCUT2D eigenvalue weighted by Gasteiger charge is -2.15. The maximum absolute atomic E-state index is 12.4. The highest BCUT2D eigenvalue weighted by molar-refractivity contribution is 7.99. The number of ether oxygens (including phenoxy) is 1. The highest BCUT2D eigenvalue weighted by Crippen LogP contribution is 2.17. The SMILES string of the molecule is COC(=O)[C@H](CSC/C=C(\C)CC/C=C(\C)CCC=C(C)C)NS(=O)(=O)c1cccs1. The molecule has 0 spiro atoms. The van der Waals surface area contributed by atoms with Crippen molar-refractivity contribution in [1.82, 2.24) is 4.72 Å². The molecule has 0 saturated heterocycles. The summed E-state index contributed by atoms with van der Waals surface area (Å²) in [6, 6.07) is 2.26. The lowest BCUT2D eigenvalue weighted by molar-refractivity contribution is -0.141. The van der Waals surface area contributed by atoms with Crippen LogP contribution in [0.15, 0.2) is 56.7 Å². The van der Waals surface area contributed by atoms with Crippen LogP contribution in [0.2, 0.25) is 0 Å². The minimum atomic E-state index is -3.73. The molecule has 1 atom stereocenters. The van der Waals surface area contributed by atoms with Gasteiger partial charge in [-0.1, -0.05) is 41.0 Å². The van der Waals surface area contributed by atoms with E-state index in [0.29, 0.717) is 11.5 Å². The third kappa shape index (κ3) is 11.7. The first-order valence-corrected chi connectivity index (χ1v) is 13.8. The number of sulfonamides is 1. The number of carbonyl (C=O) groups excluding carboxylic acids is 1. The summed E-state index contributed by atoms with van der Waals surface area (Å²) in [5.74, 6) is 0.440. The second kappa shape index (κ2) is 14.7. The maximum Gasteiger partial charge on any atom is 0.324 e. The fourth-order valence-electron chi connectivity index (χ4n) is 2.68. The smallest absolute Gasteiger partial charge is 0.324 e. The molecule has 1 rings (SSSR count). The number of methoxy groups -OCH3 is 1. The Labute approximate surface area is 196 Å². The fraction of sp³-hybridized carbons (Fsp3) is 0.522. The molecule has 0 fully saturated rings. The number of rotatable bonds is 14. The van der Waals surface area contributed by atoms with Crippen molar-refractivity contribution < 1.29 is 17.9 Å². The van der Waals surface area contributed by atoms with E-state index in [1.807, 2.05) is 0 Å². The normalized spacial score (nSPS) is 13.7. The van der Waals surface area contributed by atoms with Crippen molar-refractivity contribution >= 4 is 39.1 Å². The van der Waals surface area contributed by atoms with Gasteiger partial charge < -0.3 is 4.74 Å². The standard InChI is InChI=1S/C23H35NO4S3/c1-18(2)9-6-10-19(3)11-7-12-20(4)14-16-29-17-21(23(25)28-5)24-31(26,27)22-13-8-15-30-22/h8-9,11,13-15,21,24H,6-7,10,12,16-17H2,1-5H3/b19-11+,20-14+/t21-/m0/s1. The van der Waals surface area contributed by atoms with E-state index in [4.69, 9.17) is 4.74 Å². The van der Waals surface area contributed by atoms with Crippen LogP contribution in [0.25, 0.3) is 0 Å². The predicted octanol–water partition coefficient (Wildman–Crippen LogP) is 5.72. The van der Waals surface area contributed by atoms with E-state index in [0.717, 1.165) is 37.0 Å². The summed E-state index contributed by atoms with van der Waals surface area (Å²) in [5.41, 5.74) is 4.06. The summed E-state index contributed by atoms with van der Waals surface area (Å²) >= 11 is 2.61. The molecule has 0 unspecified atom stereocenters. The monoisotopic (exact) mass is 485 g/mol. The molecule has 0 radical (unpaired) electrons. The van der Waals surface area contributed by atoms with Crippen molar-refractivity contribution in [2.45, 2.75) is 63.6 Å². The lowest BCUT2D eigenvalue weighted by Crippen LogP contribution is -2.43. The Morgan fingerprint density at radius 1 is 1.13 bits per heavy atom. The van der Waals surface area contributed by atoms with Gasteiger partial charge in [0.25, 0.3) is 10.0 Å². The second-order valence-electron chi connectivity index (χ2n) is 7.63. The average Bonchev–Trinajstić information content (AvgIpc) is 3.25. The Balaban J connectivity index is 2.46. The van der Waals surface area contributed by atoms with E-state index in [9.17, 15) is 13.2 Å². The quantitative estimate of drug-likeness (QED) is 0.207. The molecule has 1 aromatic rings. The van der Waals surface area contributed by atoms with Crippen LogP contribution in [0.1, 0.15) is 53.4 Å². The van der Waals surface area contributed by atoms with Gasteiger partial charge in [0, 0.05) is 11.5 Å². The van der Waals surface area contributed by atoms with Gasteiger partial charge >= 0.3 is 5.97 Å². The molecule has 1 heterocycles. The highest BCUT2D eigenvalue weighted by atomic mass is 32.2. The van der Waals surface area contributed by atoms with Crippen molar-refractivity contribution in [3.05, 3.63) is 52.5 Å². The third-order valence-corrected chi connectivity index (χ3v) is 8.34. The van der Waals surface area contributed by atoms with Gasteiger partial charge in [0.1, 0.15) is 10.3 Å². The molecule has 0 aliphatic rings. The Bertz CT molecular complexity index is 865. The predicted molar refractivity (Wildman–Crippen MR) is 133 cm³/mol. The molecule has 0 aromatic carbocycles. The minimum absolute atomic E-state index is 0.186. The number of allylic oxidation sites excluding steroid dienone is 5. The summed E-state index contributed by atoms with van der Waals surface area (Å²) in [7, 11) is -2.47. The molecular weight excluding hydrogens is 450 g/mol. The molecule has 8 heteroatoms. The summed E-state index contributed by atoms with van der Waals surface area (Å²) in [6.07, 6.45) is 10.9. The van der Waals surface area contributed by atoms with E-state index in [1.54, 1.807) is 11.4 Å². The number of esters is 1. The zero-order chi connectivity index (χ0) is 23.3. The number of nitrogens with one attached hydrogen (secondary N) is 1. The van der Waals surface area contributed by atoms with E-state index in [2.05, 4.69) is 50.6 Å². The van der Waals surface area contributed by atoms with E-state index < -0.39 is 22.0 Å². The van der Waals surface area contributed by atoms with Crippen LogP contribution in [-0.2, 0) is 19.6 Å². The molecule has 0 aliphatic carbocycles. The van der Waals surface area contributed by atoms with Crippen LogP contribution in [0.4, 0.5) is 0 Å². The van der Waals surface area contributed by atoms with E-state index >= 15 is 0 Å². The first-order valence-electron chi connectivity index (χ1n) is 10.3. The molecule has 1 N–H and O–H groups in total. The number of thiophene rings is 1. The molecule has 0 aliphatic heterocycles. The topological polar surface area (TPSA) is 72.5 Å². The van der Waals surface area contributed by atoms with Crippen LogP contribution >= 0.6 is 23.1 Å². The Kier molecular flexibility index (Phi) is 13.1. The van der Waals surface area contributed by atoms with Gasteiger partial charge in [0.15, 0.2) is 0 Å². The van der Waals surface area contributed by atoms with Crippen LogP contribution in [0, 0.1) is 0 Å². The first-order chi connectivity index (χ1) is 14.7. The van der Waals surface area contributed by atoms with Gasteiger partial charge in [-0.05, 0) is 64.8 Å². The number of thioether (sulfide) groups is 1. The molecule has 1 aromatic heterocycles. The fourth-order valence-corrected chi connectivity index (χ4v) is 5.97. The Morgan fingerprint density at radius 2 is 1.77 bits per heavy atom. The number of hydrogen-bond donors (Lipinski definition) is 1. The van der Waals surface area contributed by atoms with Crippen molar-refractivity contribution in [1.29, 1.82) is 0 Å². The van der Waals surface area contributed by atoms with Gasteiger partial charge in [0.05, 0.1) is 7.11 Å². The van der Waals surface area contributed by atoms with Crippen LogP contribution < -0.4 is 4.72 Å². The molecule has 0 amide bonds. The Morgan fingerprint density at radius 3 is 2.35 bits per heavy atom. The van der Waals surface area contributed by atoms with Crippen molar-refractivity contribution in [2.75, 3.05) is 18.6 Å². The third-order valence-electron chi connectivity index (χ3n) is 4.50. The van der Waals surface area contributed by atoms with Crippen LogP contribution in [0.5, 0.6) is 0 Å². The van der Waals surface area contributed by atoms with Gasteiger partial charge in [-0.3, -0.25) is 4.79 Å². The van der Waals surface area contributed by atoms with E-state index in [1.165, 1.54) is 41.7 Å². The minimum Gasteiger partial charge on any atom is -0.468 e. The molecule has 5 nitrogen and oxygen atoms in total. The summed E-state index contributed by atoms with van der Waals surface area (Å²) in [4.78, 5) is 12.0. The van der Waals surface area contributed by atoms with Crippen molar-refractivity contribution in [3.63, 3.8) is 0 Å². The van der Waals surface area contributed by atoms with E-state index in [-0.39, 0.29) is 4.21 Å². The zero-order valence-electron chi connectivity index (χ0n) is 19.1. The summed E-state index contributed by atoms with van der Waals surface area (Å²) in [5, 5.41) is 1.68. The molecule has 31 heavy (non-hydrogen) atoms. The maximum atomic E-state index is 12.4. The van der Waals surface area contributed by atoms with Gasteiger partial charge in [-0.2, -0.15) is 16.5 Å². The van der Waals surface area contributed by atoms with Crippen molar-refractivity contribution in [2.24, 2.45) is 0 Å². The molecular formula is C23H35NO4S3. The average molecular weight is 486 g/mol. The second-order valence-corrected chi connectivity index (χ2v) is 11.6. The van der Waals surface area contributed by atoms with Gasteiger partial charge in [-0.25, -0.2) is 8.42 Å². The largest absolute Gasteiger partial charge is 0.468 e. The van der Waals surface area contributed by atoms with Crippen LogP contribution in [-0.4, -0.2) is 39.0 Å². The molecule has 174 valence electrons.